The molecule has 138 valence electrons. The molecule has 0 fully saturated rings. The summed E-state index contributed by atoms with van der Waals surface area (Å²) in [7, 11) is 3.06. The quantitative estimate of drug-likeness (QED) is 0.789. The molecule has 0 heterocycles. The molecule has 0 radical (unpaired) electrons. The molecule has 0 spiro atoms. The third-order valence-electron chi connectivity index (χ3n) is 3.82. The van der Waals surface area contributed by atoms with Crippen molar-refractivity contribution in [2.45, 2.75) is 13.8 Å². The lowest BCUT2D eigenvalue weighted by molar-refractivity contribution is -0.139. The molecule has 2 aromatic rings. The molecular weight excluding hydrogens is 338 g/mol. The summed E-state index contributed by atoms with van der Waals surface area (Å²) in [4.78, 5) is 23.1. The standard InChI is InChI=1S/C19H21NO6/c1-11-7-14(26-10-18(21)22)5-6-15(11)20-19(23)13-8-16(24-3)12(2)17(9-13)25-4/h5-9H,10H2,1-4H3,(H,20,23)(H,21,22). The van der Waals surface area contributed by atoms with Crippen LogP contribution < -0.4 is 19.5 Å². The molecular formula is C19H21NO6. The zero-order valence-electron chi connectivity index (χ0n) is 15.1. The van der Waals surface area contributed by atoms with Crippen molar-refractivity contribution in [2.75, 3.05) is 26.1 Å². The first-order chi connectivity index (χ1) is 12.3. The first-order valence-corrected chi connectivity index (χ1v) is 7.85. The normalized spacial score (nSPS) is 10.2. The number of aliphatic carboxylic acids is 1. The number of amides is 1. The van der Waals surface area contributed by atoms with E-state index in [0.717, 1.165) is 11.1 Å². The van der Waals surface area contributed by atoms with Gasteiger partial charge in [-0.05, 0) is 49.7 Å². The van der Waals surface area contributed by atoms with Crippen LogP contribution in [0, 0.1) is 13.8 Å². The van der Waals surface area contributed by atoms with Gasteiger partial charge in [-0.2, -0.15) is 0 Å². The van der Waals surface area contributed by atoms with Crippen molar-refractivity contribution in [2.24, 2.45) is 0 Å². The molecule has 2 aromatic carbocycles. The fourth-order valence-corrected chi connectivity index (χ4v) is 2.42. The molecule has 0 aromatic heterocycles. The zero-order valence-corrected chi connectivity index (χ0v) is 15.1. The average Bonchev–Trinajstić information content (AvgIpc) is 2.62. The van der Waals surface area contributed by atoms with Crippen LogP contribution in [0.25, 0.3) is 0 Å². The van der Waals surface area contributed by atoms with E-state index in [4.69, 9.17) is 19.3 Å². The van der Waals surface area contributed by atoms with Gasteiger partial charge in [0, 0.05) is 16.8 Å². The van der Waals surface area contributed by atoms with Crippen molar-refractivity contribution in [3.63, 3.8) is 0 Å². The number of rotatable bonds is 7. The number of carbonyl (C=O) groups is 2. The number of anilines is 1. The van der Waals surface area contributed by atoms with E-state index in [0.29, 0.717) is 28.5 Å². The number of carboxylic acids is 1. The largest absolute Gasteiger partial charge is 0.496 e. The van der Waals surface area contributed by atoms with Crippen molar-refractivity contribution < 1.29 is 28.9 Å². The van der Waals surface area contributed by atoms with E-state index in [1.54, 1.807) is 37.3 Å². The monoisotopic (exact) mass is 359 g/mol. The fourth-order valence-electron chi connectivity index (χ4n) is 2.42. The van der Waals surface area contributed by atoms with E-state index >= 15 is 0 Å². The minimum Gasteiger partial charge on any atom is -0.496 e. The lowest BCUT2D eigenvalue weighted by atomic mass is 10.1. The molecule has 0 atom stereocenters. The highest BCUT2D eigenvalue weighted by molar-refractivity contribution is 6.05. The summed E-state index contributed by atoms with van der Waals surface area (Å²) in [5.74, 6) is 0.167. The summed E-state index contributed by atoms with van der Waals surface area (Å²) in [6.07, 6.45) is 0. The Morgan fingerprint density at radius 3 is 2.15 bits per heavy atom. The van der Waals surface area contributed by atoms with Crippen molar-refractivity contribution in [3.05, 3.63) is 47.0 Å². The van der Waals surface area contributed by atoms with Gasteiger partial charge in [-0.15, -0.1) is 0 Å². The van der Waals surface area contributed by atoms with Crippen molar-refractivity contribution in [3.8, 4) is 17.2 Å². The predicted molar refractivity (Wildman–Crippen MR) is 96.5 cm³/mol. The van der Waals surface area contributed by atoms with Crippen LogP contribution in [0.3, 0.4) is 0 Å². The maximum atomic E-state index is 12.6. The Morgan fingerprint density at radius 1 is 1.04 bits per heavy atom. The Balaban J connectivity index is 2.21. The van der Waals surface area contributed by atoms with Gasteiger partial charge in [-0.25, -0.2) is 4.79 Å². The number of methoxy groups -OCH3 is 2. The molecule has 26 heavy (non-hydrogen) atoms. The van der Waals surface area contributed by atoms with Gasteiger partial charge in [0.1, 0.15) is 17.2 Å². The molecule has 0 aliphatic carbocycles. The zero-order chi connectivity index (χ0) is 19.3. The highest BCUT2D eigenvalue weighted by Gasteiger charge is 2.15. The van der Waals surface area contributed by atoms with Crippen LogP contribution in [0.4, 0.5) is 5.69 Å². The van der Waals surface area contributed by atoms with Crippen LogP contribution in [0.5, 0.6) is 17.2 Å². The Hall–Kier alpha value is -3.22. The van der Waals surface area contributed by atoms with Gasteiger partial charge >= 0.3 is 5.97 Å². The first kappa shape index (κ1) is 19.1. The smallest absolute Gasteiger partial charge is 0.341 e. The number of carbonyl (C=O) groups excluding carboxylic acids is 1. The molecule has 0 bridgehead atoms. The molecule has 7 nitrogen and oxygen atoms in total. The van der Waals surface area contributed by atoms with Crippen LogP contribution in [-0.4, -0.2) is 37.8 Å². The molecule has 2 N–H and O–H groups in total. The van der Waals surface area contributed by atoms with Crippen LogP contribution in [0.15, 0.2) is 30.3 Å². The third-order valence-corrected chi connectivity index (χ3v) is 3.82. The Bertz CT molecular complexity index is 806. The van der Waals surface area contributed by atoms with Gasteiger partial charge < -0.3 is 24.6 Å². The van der Waals surface area contributed by atoms with Gasteiger partial charge in [0.2, 0.25) is 0 Å². The Labute approximate surface area is 151 Å². The lowest BCUT2D eigenvalue weighted by Crippen LogP contribution is -2.14. The van der Waals surface area contributed by atoms with E-state index in [1.807, 2.05) is 6.92 Å². The number of hydrogen-bond donors (Lipinski definition) is 2. The highest BCUT2D eigenvalue weighted by atomic mass is 16.5. The third kappa shape index (κ3) is 4.44. The summed E-state index contributed by atoms with van der Waals surface area (Å²) >= 11 is 0. The Kier molecular flexibility index (Phi) is 6.06. The molecule has 0 unspecified atom stereocenters. The van der Waals surface area contributed by atoms with Crippen molar-refractivity contribution in [1.82, 2.24) is 0 Å². The van der Waals surface area contributed by atoms with E-state index < -0.39 is 12.6 Å². The highest BCUT2D eigenvalue weighted by Crippen LogP contribution is 2.30. The number of nitrogens with one attached hydrogen (secondary N) is 1. The number of ether oxygens (including phenoxy) is 3. The van der Waals surface area contributed by atoms with E-state index in [9.17, 15) is 9.59 Å². The molecule has 0 aliphatic heterocycles. The SMILES string of the molecule is COc1cc(C(=O)Nc2ccc(OCC(=O)O)cc2C)cc(OC)c1C. The maximum absolute atomic E-state index is 12.6. The minimum atomic E-state index is -1.05. The minimum absolute atomic E-state index is 0.316. The first-order valence-electron chi connectivity index (χ1n) is 7.85. The van der Waals surface area contributed by atoms with Crippen molar-refractivity contribution in [1.29, 1.82) is 0 Å². The second kappa shape index (κ2) is 8.24. The number of hydrogen-bond acceptors (Lipinski definition) is 5. The molecule has 0 saturated heterocycles. The summed E-state index contributed by atoms with van der Waals surface area (Å²) < 4.78 is 15.7. The van der Waals surface area contributed by atoms with Crippen LogP contribution in [-0.2, 0) is 4.79 Å². The van der Waals surface area contributed by atoms with Crippen LogP contribution in [0.2, 0.25) is 0 Å². The second-order valence-electron chi connectivity index (χ2n) is 5.62. The fraction of sp³-hybridized carbons (Fsp3) is 0.263. The van der Waals surface area contributed by atoms with Gasteiger partial charge in [0.05, 0.1) is 14.2 Å². The summed E-state index contributed by atoms with van der Waals surface area (Å²) in [6.45, 7) is 3.22. The van der Waals surface area contributed by atoms with Gasteiger partial charge in [0.15, 0.2) is 6.61 Å². The van der Waals surface area contributed by atoms with Gasteiger partial charge in [-0.3, -0.25) is 4.79 Å². The maximum Gasteiger partial charge on any atom is 0.341 e. The second-order valence-corrected chi connectivity index (χ2v) is 5.62. The molecule has 0 saturated carbocycles. The van der Waals surface area contributed by atoms with E-state index in [2.05, 4.69) is 5.32 Å². The number of carboxylic acid groups (broad SMARTS) is 1. The van der Waals surface area contributed by atoms with Gasteiger partial charge in [-0.1, -0.05) is 0 Å². The molecule has 2 rings (SSSR count). The molecule has 0 aliphatic rings. The summed E-state index contributed by atoms with van der Waals surface area (Å²) in [5, 5.41) is 11.5. The van der Waals surface area contributed by atoms with E-state index in [-0.39, 0.29) is 5.91 Å². The lowest BCUT2D eigenvalue weighted by Gasteiger charge is -2.14. The topological polar surface area (TPSA) is 94.1 Å². The Morgan fingerprint density at radius 2 is 1.65 bits per heavy atom. The number of aryl methyl sites for hydroxylation is 1. The number of benzene rings is 2. The van der Waals surface area contributed by atoms with E-state index in [1.165, 1.54) is 14.2 Å². The average molecular weight is 359 g/mol. The van der Waals surface area contributed by atoms with Crippen LogP contribution >= 0.6 is 0 Å². The predicted octanol–water partition coefficient (Wildman–Crippen LogP) is 3.04. The summed E-state index contributed by atoms with van der Waals surface area (Å²) in [5.41, 5.74) is 2.54. The van der Waals surface area contributed by atoms with Crippen LogP contribution in [0.1, 0.15) is 21.5 Å². The molecule has 7 heteroatoms. The van der Waals surface area contributed by atoms with Crippen molar-refractivity contribution >= 4 is 17.6 Å². The summed E-state index contributed by atoms with van der Waals surface area (Å²) in [6, 6.07) is 8.21. The molecule has 1 amide bonds. The van der Waals surface area contributed by atoms with Gasteiger partial charge in [0.25, 0.3) is 5.91 Å².